The number of benzene rings is 2. The van der Waals surface area contributed by atoms with Crippen LogP contribution < -0.4 is 11.1 Å². The monoisotopic (exact) mass is 456 g/mol. The maximum atomic E-state index is 12.8. The van der Waals surface area contributed by atoms with Gasteiger partial charge in [0.1, 0.15) is 0 Å². The fraction of sp³-hybridized carbons (Fsp3) is 0.273. The number of aliphatic hydroxyl groups is 2. The normalized spacial score (nSPS) is 11.9. The molecule has 1 heterocycles. The molecule has 0 unspecified atom stereocenters. The van der Waals surface area contributed by atoms with Crippen LogP contribution in [0.15, 0.2) is 48.5 Å². The van der Waals surface area contributed by atoms with Crippen LogP contribution in [-0.2, 0) is 21.0 Å². The molecule has 1 amide bonds. The molecule has 11 nitrogen and oxygen atoms in total. The highest BCUT2D eigenvalue weighted by Gasteiger charge is 2.18. The molecule has 0 aliphatic heterocycles. The number of nitrogens with two attached hydrogens (primary N) is 1. The SMILES string of the molecule is COC(=O)Nc1nc2cc(C(=O)c3ccccc3)ccc2n1COC(=O)CC[C@H](N)C(O)O. The smallest absolute Gasteiger partial charge is 0.413 e. The van der Waals surface area contributed by atoms with Crippen molar-refractivity contribution in [2.75, 3.05) is 12.4 Å². The molecular weight excluding hydrogens is 432 g/mol. The molecule has 1 atom stereocenters. The van der Waals surface area contributed by atoms with Gasteiger partial charge >= 0.3 is 12.1 Å². The van der Waals surface area contributed by atoms with Crippen molar-refractivity contribution in [3.05, 3.63) is 59.7 Å². The molecule has 174 valence electrons. The number of imidazole rings is 1. The Morgan fingerprint density at radius 1 is 1.12 bits per heavy atom. The maximum Gasteiger partial charge on any atom is 0.413 e. The zero-order valence-corrected chi connectivity index (χ0v) is 17.8. The second-order valence-corrected chi connectivity index (χ2v) is 7.14. The van der Waals surface area contributed by atoms with Gasteiger partial charge in [0.25, 0.3) is 0 Å². The molecule has 1 aromatic heterocycles. The molecule has 33 heavy (non-hydrogen) atoms. The van der Waals surface area contributed by atoms with Crippen molar-refractivity contribution in [3.8, 4) is 0 Å². The van der Waals surface area contributed by atoms with Gasteiger partial charge in [-0.3, -0.25) is 19.5 Å². The van der Waals surface area contributed by atoms with Crippen molar-refractivity contribution in [2.45, 2.75) is 31.9 Å². The number of anilines is 1. The summed E-state index contributed by atoms with van der Waals surface area (Å²) in [7, 11) is 1.19. The number of carbonyl (C=O) groups excluding carboxylic acids is 3. The third-order valence-corrected chi connectivity index (χ3v) is 4.87. The Morgan fingerprint density at radius 3 is 2.52 bits per heavy atom. The molecule has 3 rings (SSSR count). The summed E-state index contributed by atoms with van der Waals surface area (Å²) < 4.78 is 11.3. The highest BCUT2D eigenvalue weighted by molar-refractivity contribution is 6.10. The van der Waals surface area contributed by atoms with Crippen molar-refractivity contribution in [1.29, 1.82) is 0 Å². The van der Waals surface area contributed by atoms with Gasteiger partial charge in [0.05, 0.1) is 24.2 Å². The summed E-state index contributed by atoms with van der Waals surface area (Å²) in [4.78, 5) is 40.9. The molecule has 0 saturated carbocycles. The zero-order valence-electron chi connectivity index (χ0n) is 17.8. The van der Waals surface area contributed by atoms with Crippen LogP contribution in [0, 0.1) is 0 Å². The highest BCUT2D eigenvalue weighted by Crippen LogP contribution is 2.23. The van der Waals surface area contributed by atoms with Crippen LogP contribution in [0.2, 0.25) is 0 Å². The lowest BCUT2D eigenvalue weighted by molar-refractivity contribution is -0.148. The van der Waals surface area contributed by atoms with E-state index in [9.17, 15) is 14.4 Å². The number of aromatic nitrogens is 2. The van der Waals surface area contributed by atoms with Crippen molar-refractivity contribution < 1.29 is 34.1 Å². The van der Waals surface area contributed by atoms with E-state index >= 15 is 0 Å². The second-order valence-electron chi connectivity index (χ2n) is 7.14. The van der Waals surface area contributed by atoms with Crippen LogP contribution in [-0.4, -0.2) is 57.1 Å². The minimum atomic E-state index is -1.74. The minimum absolute atomic E-state index is 0.0133. The van der Waals surface area contributed by atoms with Gasteiger partial charge in [0, 0.05) is 17.5 Å². The number of ether oxygens (including phenoxy) is 2. The van der Waals surface area contributed by atoms with E-state index in [0.717, 1.165) is 0 Å². The van der Waals surface area contributed by atoms with E-state index in [1.807, 2.05) is 6.07 Å². The Hall–Kier alpha value is -3.80. The highest BCUT2D eigenvalue weighted by atomic mass is 16.5. The van der Waals surface area contributed by atoms with Gasteiger partial charge in [-0.15, -0.1) is 0 Å². The maximum absolute atomic E-state index is 12.8. The lowest BCUT2D eigenvalue weighted by atomic mass is 10.0. The first-order chi connectivity index (χ1) is 15.8. The molecule has 3 aromatic rings. The predicted molar refractivity (Wildman–Crippen MR) is 117 cm³/mol. The molecular formula is C22H24N4O7. The summed E-state index contributed by atoms with van der Waals surface area (Å²) >= 11 is 0. The number of aliphatic hydroxyl groups excluding tert-OH is 1. The lowest BCUT2D eigenvalue weighted by Crippen LogP contribution is -2.34. The molecule has 2 aromatic carbocycles. The molecule has 0 aliphatic rings. The number of amides is 1. The van der Waals surface area contributed by atoms with E-state index < -0.39 is 24.4 Å². The van der Waals surface area contributed by atoms with Gasteiger partial charge in [-0.2, -0.15) is 0 Å². The van der Waals surface area contributed by atoms with Crippen molar-refractivity contribution in [3.63, 3.8) is 0 Å². The van der Waals surface area contributed by atoms with Crippen LogP contribution in [0.4, 0.5) is 10.7 Å². The van der Waals surface area contributed by atoms with E-state index in [1.54, 1.807) is 42.5 Å². The van der Waals surface area contributed by atoms with Crippen LogP contribution in [0.1, 0.15) is 28.8 Å². The van der Waals surface area contributed by atoms with Gasteiger partial charge in [0.2, 0.25) is 5.95 Å². The summed E-state index contributed by atoms with van der Waals surface area (Å²) in [6, 6.07) is 12.6. The molecule has 0 radical (unpaired) electrons. The third kappa shape index (κ3) is 5.92. The molecule has 0 saturated heterocycles. The minimum Gasteiger partial charge on any atom is -0.453 e. The first-order valence-electron chi connectivity index (χ1n) is 10.0. The fourth-order valence-corrected chi connectivity index (χ4v) is 3.04. The molecule has 5 N–H and O–H groups in total. The van der Waals surface area contributed by atoms with E-state index in [1.165, 1.54) is 11.7 Å². The standard InChI is InChI=1S/C22H24N4O7/c1-32-22(31)25-21-24-16-11-14(19(28)13-5-3-2-4-6-13)7-9-17(16)26(21)12-33-18(27)10-8-15(23)20(29)30/h2-7,9,11,15,20,29-30H,8,10,12,23H2,1H3,(H,24,25,31)/t15-/m0/s1. The number of nitrogens with zero attached hydrogens (tertiary/aromatic N) is 2. The van der Waals surface area contributed by atoms with E-state index in [4.69, 9.17) is 20.7 Å². The molecule has 0 fully saturated rings. The van der Waals surface area contributed by atoms with Gasteiger partial charge in [-0.1, -0.05) is 30.3 Å². The number of fused-ring (bicyclic) bond motifs is 1. The quantitative estimate of drug-likeness (QED) is 0.211. The number of methoxy groups -OCH3 is 1. The Morgan fingerprint density at radius 2 is 1.85 bits per heavy atom. The molecule has 0 aliphatic carbocycles. The number of nitrogens with one attached hydrogen (secondary N) is 1. The van der Waals surface area contributed by atoms with Gasteiger partial charge in [0.15, 0.2) is 18.8 Å². The molecule has 0 bridgehead atoms. The largest absolute Gasteiger partial charge is 0.453 e. The van der Waals surface area contributed by atoms with Crippen LogP contribution in [0.3, 0.4) is 0 Å². The molecule has 11 heteroatoms. The first kappa shape index (κ1) is 23.9. The van der Waals surface area contributed by atoms with Crippen LogP contribution in [0.5, 0.6) is 0 Å². The van der Waals surface area contributed by atoms with Crippen LogP contribution >= 0.6 is 0 Å². The predicted octanol–water partition coefficient (Wildman–Crippen LogP) is 1.36. The second kappa shape index (κ2) is 10.7. The van der Waals surface area contributed by atoms with E-state index in [0.29, 0.717) is 22.2 Å². The number of rotatable bonds is 9. The number of hydrogen-bond acceptors (Lipinski definition) is 9. The zero-order chi connectivity index (χ0) is 24.0. The number of ketones is 1. The first-order valence-corrected chi connectivity index (χ1v) is 10.0. The van der Waals surface area contributed by atoms with E-state index in [-0.39, 0.29) is 31.3 Å². The van der Waals surface area contributed by atoms with Crippen molar-refractivity contribution in [2.24, 2.45) is 5.73 Å². The Kier molecular flexibility index (Phi) is 7.72. The van der Waals surface area contributed by atoms with Gasteiger partial charge < -0.3 is 25.4 Å². The summed E-state index contributed by atoms with van der Waals surface area (Å²) in [6.45, 7) is -0.294. The number of carbonyl (C=O) groups is 3. The molecule has 0 spiro atoms. The Bertz CT molecular complexity index is 1140. The average Bonchev–Trinajstić information content (AvgIpc) is 3.16. The lowest BCUT2D eigenvalue weighted by Gasteiger charge is -2.13. The number of hydrogen-bond donors (Lipinski definition) is 4. The average molecular weight is 456 g/mol. The van der Waals surface area contributed by atoms with Crippen LogP contribution in [0.25, 0.3) is 11.0 Å². The summed E-state index contributed by atoms with van der Waals surface area (Å²) in [5.74, 6) is -0.771. The van der Waals surface area contributed by atoms with Gasteiger partial charge in [-0.05, 0) is 24.6 Å². The van der Waals surface area contributed by atoms with E-state index in [2.05, 4.69) is 15.0 Å². The summed E-state index contributed by atoms with van der Waals surface area (Å²) in [6.07, 6.45) is -2.64. The fourth-order valence-electron chi connectivity index (χ4n) is 3.04. The third-order valence-electron chi connectivity index (χ3n) is 4.87. The van der Waals surface area contributed by atoms with Crippen molar-refractivity contribution >= 4 is 34.8 Å². The summed E-state index contributed by atoms with van der Waals surface area (Å²) in [5, 5.41) is 20.4. The van der Waals surface area contributed by atoms with Crippen molar-refractivity contribution in [1.82, 2.24) is 9.55 Å². The Labute approximate surface area is 188 Å². The topological polar surface area (TPSA) is 166 Å². The van der Waals surface area contributed by atoms with Gasteiger partial charge in [-0.25, -0.2) is 9.78 Å². The number of esters is 1. The summed E-state index contributed by atoms with van der Waals surface area (Å²) in [5.41, 5.74) is 7.30. The Balaban J connectivity index is 1.84.